The Bertz CT molecular complexity index is 577. The van der Waals surface area contributed by atoms with E-state index in [-0.39, 0.29) is 5.69 Å². The number of aromatic amines is 1. The summed E-state index contributed by atoms with van der Waals surface area (Å²) in [4.78, 5) is 12.1. The molecular formula is C9H9BrN4OS. The Hall–Kier alpha value is -1.21. The highest BCUT2D eigenvalue weighted by atomic mass is 79.9. The molecule has 5 nitrogen and oxygen atoms in total. The number of halogens is 1. The number of hydrogen-bond acceptors (Lipinski definition) is 4. The monoisotopic (exact) mass is 300 g/mol. The Balaban J connectivity index is 2.34. The third kappa shape index (κ3) is 2.14. The van der Waals surface area contributed by atoms with Crippen LogP contribution >= 0.6 is 27.7 Å². The van der Waals surface area contributed by atoms with E-state index in [9.17, 15) is 4.79 Å². The molecule has 0 saturated carbocycles. The van der Waals surface area contributed by atoms with Crippen molar-refractivity contribution in [1.29, 1.82) is 0 Å². The molecule has 0 fully saturated rings. The summed E-state index contributed by atoms with van der Waals surface area (Å²) in [6, 6.07) is 5.49. The molecule has 3 N–H and O–H groups in total. The lowest BCUT2D eigenvalue weighted by Gasteiger charge is -2.03. The zero-order valence-electron chi connectivity index (χ0n) is 8.40. The molecule has 1 aromatic heterocycles. The molecule has 2 rings (SSSR count). The average Bonchev–Trinajstić information content (AvgIpc) is 2.54. The van der Waals surface area contributed by atoms with Crippen molar-refractivity contribution < 1.29 is 0 Å². The Morgan fingerprint density at radius 2 is 2.31 bits per heavy atom. The van der Waals surface area contributed by atoms with Crippen molar-refractivity contribution in [2.75, 3.05) is 5.73 Å². The molecule has 0 bridgehead atoms. The first-order valence-electron chi connectivity index (χ1n) is 4.42. The molecule has 0 radical (unpaired) electrons. The molecule has 0 aliphatic rings. The van der Waals surface area contributed by atoms with Gasteiger partial charge in [-0.05, 0) is 45.9 Å². The maximum Gasteiger partial charge on any atom is 0.343 e. The van der Waals surface area contributed by atoms with Crippen molar-refractivity contribution in [3.8, 4) is 0 Å². The molecule has 1 heterocycles. The van der Waals surface area contributed by atoms with Gasteiger partial charge in [-0.15, -0.1) is 5.10 Å². The van der Waals surface area contributed by atoms with Gasteiger partial charge >= 0.3 is 5.69 Å². The van der Waals surface area contributed by atoms with Crippen LogP contribution in [0.25, 0.3) is 0 Å². The molecule has 0 unspecified atom stereocenters. The van der Waals surface area contributed by atoms with E-state index in [1.54, 1.807) is 13.1 Å². The minimum absolute atomic E-state index is 0.228. The van der Waals surface area contributed by atoms with E-state index in [1.807, 2.05) is 12.1 Å². The number of benzene rings is 1. The van der Waals surface area contributed by atoms with E-state index < -0.39 is 0 Å². The van der Waals surface area contributed by atoms with Crippen LogP contribution in [-0.2, 0) is 7.05 Å². The number of nitrogens with two attached hydrogens (primary N) is 1. The molecular weight excluding hydrogens is 292 g/mol. The van der Waals surface area contributed by atoms with Gasteiger partial charge in [0, 0.05) is 22.1 Å². The number of hydrogen-bond donors (Lipinski definition) is 2. The van der Waals surface area contributed by atoms with Crippen LogP contribution in [0.3, 0.4) is 0 Å². The summed E-state index contributed by atoms with van der Waals surface area (Å²) in [7, 11) is 1.67. The third-order valence-corrected chi connectivity index (χ3v) is 4.04. The topological polar surface area (TPSA) is 76.7 Å². The maximum atomic E-state index is 11.2. The van der Waals surface area contributed by atoms with Gasteiger partial charge < -0.3 is 5.73 Å². The van der Waals surface area contributed by atoms with Gasteiger partial charge in [-0.1, -0.05) is 0 Å². The zero-order valence-corrected chi connectivity index (χ0v) is 10.8. The summed E-state index contributed by atoms with van der Waals surface area (Å²) in [5.41, 5.74) is 6.10. The van der Waals surface area contributed by atoms with E-state index in [0.717, 1.165) is 9.37 Å². The first-order valence-corrected chi connectivity index (χ1v) is 6.03. The van der Waals surface area contributed by atoms with Gasteiger partial charge in [0.2, 0.25) is 0 Å². The normalized spacial score (nSPS) is 10.6. The van der Waals surface area contributed by atoms with Gasteiger partial charge in [-0.2, -0.15) is 0 Å². The molecule has 0 amide bonds. The van der Waals surface area contributed by atoms with Crippen molar-refractivity contribution in [1.82, 2.24) is 14.8 Å². The average molecular weight is 301 g/mol. The van der Waals surface area contributed by atoms with Crippen molar-refractivity contribution in [2.24, 2.45) is 7.05 Å². The second-order valence-electron chi connectivity index (χ2n) is 3.16. The van der Waals surface area contributed by atoms with Crippen LogP contribution in [0.2, 0.25) is 0 Å². The summed E-state index contributed by atoms with van der Waals surface area (Å²) < 4.78 is 2.33. The fourth-order valence-electron chi connectivity index (χ4n) is 1.12. The molecule has 0 atom stereocenters. The zero-order chi connectivity index (χ0) is 11.7. The second-order valence-corrected chi connectivity index (χ2v) is 5.03. The van der Waals surface area contributed by atoms with Crippen molar-refractivity contribution in [3.63, 3.8) is 0 Å². The van der Waals surface area contributed by atoms with Gasteiger partial charge in [0.05, 0.1) is 0 Å². The molecule has 2 aromatic rings. The van der Waals surface area contributed by atoms with Crippen LogP contribution in [0, 0.1) is 0 Å². The molecule has 0 aliphatic heterocycles. The van der Waals surface area contributed by atoms with Gasteiger partial charge in [-0.25, -0.2) is 9.89 Å². The third-order valence-electron chi connectivity index (χ3n) is 2.00. The summed E-state index contributed by atoms with van der Waals surface area (Å²) in [6.07, 6.45) is 0. The van der Waals surface area contributed by atoms with Crippen LogP contribution < -0.4 is 11.4 Å². The number of rotatable bonds is 2. The van der Waals surface area contributed by atoms with E-state index in [0.29, 0.717) is 10.8 Å². The van der Waals surface area contributed by atoms with Gasteiger partial charge in [0.1, 0.15) is 0 Å². The lowest BCUT2D eigenvalue weighted by atomic mass is 10.3. The fraction of sp³-hybridized carbons (Fsp3) is 0.111. The number of nitrogen functional groups attached to an aromatic ring is 1. The summed E-state index contributed by atoms with van der Waals surface area (Å²) in [6.45, 7) is 0. The van der Waals surface area contributed by atoms with Crippen LogP contribution in [0.1, 0.15) is 0 Å². The molecule has 0 saturated heterocycles. The highest BCUT2D eigenvalue weighted by molar-refractivity contribution is 9.10. The SMILES string of the molecule is Cn1c(Sc2ccc(N)cc2Br)n[nH]c1=O. The lowest BCUT2D eigenvalue weighted by molar-refractivity contribution is 0.766. The molecule has 1 aromatic carbocycles. The standard InChI is InChI=1S/C9H9BrN4OS/c1-14-8(15)12-13-9(14)16-7-3-2-5(11)4-6(7)10/h2-4H,11H2,1H3,(H,12,15). The van der Waals surface area contributed by atoms with Crippen LogP contribution in [0.5, 0.6) is 0 Å². The molecule has 0 aliphatic carbocycles. The van der Waals surface area contributed by atoms with Crippen molar-refractivity contribution >= 4 is 33.4 Å². The molecule has 84 valence electrons. The first-order chi connectivity index (χ1) is 7.58. The van der Waals surface area contributed by atoms with Gasteiger partial charge in [-0.3, -0.25) is 4.57 Å². The van der Waals surface area contributed by atoms with Crippen molar-refractivity contribution in [2.45, 2.75) is 10.1 Å². The minimum atomic E-state index is -0.228. The maximum absolute atomic E-state index is 11.2. The lowest BCUT2D eigenvalue weighted by Crippen LogP contribution is -2.12. The van der Waals surface area contributed by atoms with E-state index in [1.165, 1.54) is 16.3 Å². The largest absolute Gasteiger partial charge is 0.399 e. The summed E-state index contributed by atoms with van der Waals surface area (Å²) >= 11 is 4.80. The predicted octanol–water partition coefficient (Wildman–Crippen LogP) is 1.60. The second kappa shape index (κ2) is 4.34. The highest BCUT2D eigenvalue weighted by Crippen LogP contribution is 2.32. The van der Waals surface area contributed by atoms with Crippen molar-refractivity contribution in [3.05, 3.63) is 33.2 Å². The van der Waals surface area contributed by atoms with Crippen LogP contribution in [0.15, 0.2) is 37.5 Å². The van der Waals surface area contributed by atoms with E-state index >= 15 is 0 Å². The molecule has 7 heteroatoms. The predicted molar refractivity (Wildman–Crippen MR) is 66.5 cm³/mol. The van der Waals surface area contributed by atoms with E-state index in [2.05, 4.69) is 26.1 Å². The Labute approximate surface area is 104 Å². The molecule has 16 heavy (non-hydrogen) atoms. The van der Waals surface area contributed by atoms with Gasteiger partial charge in [0.25, 0.3) is 0 Å². The van der Waals surface area contributed by atoms with Crippen LogP contribution in [0.4, 0.5) is 5.69 Å². The number of nitrogens with one attached hydrogen (secondary N) is 1. The Kier molecular flexibility index (Phi) is 3.06. The number of aromatic nitrogens is 3. The molecule has 0 spiro atoms. The highest BCUT2D eigenvalue weighted by Gasteiger charge is 2.08. The fourth-order valence-corrected chi connectivity index (χ4v) is 2.56. The number of nitrogens with zero attached hydrogens (tertiary/aromatic N) is 2. The summed E-state index contributed by atoms with van der Waals surface area (Å²) in [5.74, 6) is 0. The number of H-pyrrole nitrogens is 1. The Morgan fingerprint density at radius 1 is 1.56 bits per heavy atom. The number of anilines is 1. The van der Waals surface area contributed by atoms with Gasteiger partial charge in [0.15, 0.2) is 5.16 Å². The first kappa shape index (κ1) is 11.3. The van der Waals surface area contributed by atoms with Crippen LogP contribution in [-0.4, -0.2) is 14.8 Å². The smallest absolute Gasteiger partial charge is 0.343 e. The minimum Gasteiger partial charge on any atom is -0.399 e. The summed E-state index contributed by atoms with van der Waals surface area (Å²) in [5, 5.41) is 6.90. The Morgan fingerprint density at radius 3 is 2.88 bits per heavy atom. The quantitative estimate of drug-likeness (QED) is 0.826. The van der Waals surface area contributed by atoms with E-state index in [4.69, 9.17) is 5.73 Å².